The van der Waals surface area contributed by atoms with Crippen LogP contribution in [0, 0.1) is 12.8 Å². The summed E-state index contributed by atoms with van der Waals surface area (Å²) in [6.45, 7) is 3.44. The third kappa shape index (κ3) is 3.73. The average molecular weight is 471 g/mol. The van der Waals surface area contributed by atoms with Crippen molar-refractivity contribution in [3.8, 4) is 0 Å². The Bertz CT molecular complexity index is 1350. The van der Waals surface area contributed by atoms with E-state index < -0.39 is 10.0 Å². The predicted octanol–water partition coefficient (Wildman–Crippen LogP) is 2.67. The fourth-order valence-electron chi connectivity index (χ4n) is 4.62. The fourth-order valence-corrected chi connectivity index (χ4v) is 6.69. The predicted molar refractivity (Wildman–Crippen MR) is 122 cm³/mol. The van der Waals surface area contributed by atoms with Crippen LogP contribution in [0.1, 0.15) is 33.4 Å². The Morgan fingerprint density at radius 1 is 1.09 bits per heavy atom. The van der Waals surface area contributed by atoms with E-state index in [9.17, 15) is 18.0 Å². The molecular formula is C22H22N4O4S2. The first-order valence-corrected chi connectivity index (χ1v) is 12.7. The molecule has 0 aliphatic carbocycles. The van der Waals surface area contributed by atoms with E-state index >= 15 is 0 Å². The van der Waals surface area contributed by atoms with Crippen molar-refractivity contribution in [3.05, 3.63) is 75.1 Å². The molecular weight excluding hydrogens is 448 g/mol. The number of aryl methyl sites for hydroxylation is 1. The van der Waals surface area contributed by atoms with E-state index in [4.69, 9.17) is 0 Å². The summed E-state index contributed by atoms with van der Waals surface area (Å²) >= 11 is 1.15. The van der Waals surface area contributed by atoms with Crippen LogP contribution in [-0.4, -0.2) is 41.9 Å². The molecule has 2 atom stereocenters. The molecule has 0 spiro atoms. The second kappa shape index (κ2) is 7.86. The number of fused-ring (bicyclic) bond motifs is 4. The molecule has 4 heterocycles. The van der Waals surface area contributed by atoms with E-state index in [-0.39, 0.29) is 39.0 Å². The molecule has 2 bridgehead atoms. The first-order chi connectivity index (χ1) is 15.3. The highest BCUT2D eigenvalue weighted by molar-refractivity contribution is 7.93. The minimum atomic E-state index is -3.78. The van der Waals surface area contributed by atoms with Gasteiger partial charge in [0.25, 0.3) is 21.5 Å². The summed E-state index contributed by atoms with van der Waals surface area (Å²) in [5, 5.41) is 0.170. The molecule has 0 unspecified atom stereocenters. The Hall–Kier alpha value is -2.98. The minimum absolute atomic E-state index is 0.00247. The number of rotatable bonds is 4. The van der Waals surface area contributed by atoms with Crippen molar-refractivity contribution in [1.82, 2.24) is 14.5 Å². The molecule has 2 aromatic heterocycles. The van der Waals surface area contributed by atoms with Crippen molar-refractivity contribution < 1.29 is 13.2 Å². The van der Waals surface area contributed by atoms with Crippen LogP contribution in [0.4, 0.5) is 5.13 Å². The third-order valence-electron chi connectivity index (χ3n) is 6.04. The van der Waals surface area contributed by atoms with Crippen molar-refractivity contribution in [2.75, 3.05) is 17.8 Å². The lowest BCUT2D eigenvalue weighted by Crippen LogP contribution is -2.49. The van der Waals surface area contributed by atoms with Gasteiger partial charge in [0, 0.05) is 42.2 Å². The highest BCUT2D eigenvalue weighted by atomic mass is 32.2. The van der Waals surface area contributed by atoms with E-state index in [2.05, 4.69) is 9.71 Å². The van der Waals surface area contributed by atoms with Crippen LogP contribution in [0.25, 0.3) is 0 Å². The quantitative estimate of drug-likeness (QED) is 0.632. The van der Waals surface area contributed by atoms with E-state index in [1.54, 1.807) is 42.2 Å². The van der Waals surface area contributed by atoms with Crippen molar-refractivity contribution in [3.63, 3.8) is 0 Å². The lowest BCUT2D eigenvalue weighted by molar-refractivity contribution is 0.0589. The highest BCUT2D eigenvalue weighted by Crippen LogP contribution is 2.36. The Kier molecular flexibility index (Phi) is 5.13. The second-order valence-corrected chi connectivity index (χ2v) is 11.1. The lowest BCUT2D eigenvalue weighted by Gasteiger charge is -2.42. The molecule has 1 amide bonds. The summed E-state index contributed by atoms with van der Waals surface area (Å²) in [5.41, 5.74) is 1.24. The van der Waals surface area contributed by atoms with Gasteiger partial charge in [-0.15, -0.1) is 11.3 Å². The number of sulfonamides is 1. The monoisotopic (exact) mass is 470 g/mol. The Balaban J connectivity index is 1.37. The molecule has 3 aromatic rings. The number of hydrogen-bond acceptors (Lipinski definition) is 6. The molecule has 0 radical (unpaired) electrons. The SMILES string of the molecule is Cc1sc(NS(=O)(=O)c2ccccc2)nc1C(=O)N1C[C@@H]2C[C@H](C1)c1cccc(=O)n1C2. The van der Waals surface area contributed by atoms with Crippen LogP contribution in [0.15, 0.2) is 58.2 Å². The van der Waals surface area contributed by atoms with E-state index in [1.807, 2.05) is 10.6 Å². The van der Waals surface area contributed by atoms with E-state index in [0.29, 0.717) is 24.5 Å². The lowest BCUT2D eigenvalue weighted by atomic mass is 9.83. The first kappa shape index (κ1) is 20.9. The Labute approximate surface area is 189 Å². The molecule has 1 saturated heterocycles. The van der Waals surface area contributed by atoms with Gasteiger partial charge in [-0.3, -0.25) is 14.3 Å². The van der Waals surface area contributed by atoms with E-state index in [1.165, 1.54) is 12.1 Å². The van der Waals surface area contributed by atoms with Gasteiger partial charge in [0.2, 0.25) is 0 Å². The smallest absolute Gasteiger partial charge is 0.273 e. The summed E-state index contributed by atoms with van der Waals surface area (Å²) < 4.78 is 29.5. The molecule has 32 heavy (non-hydrogen) atoms. The molecule has 1 fully saturated rings. The molecule has 5 rings (SSSR count). The second-order valence-electron chi connectivity index (χ2n) is 8.25. The van der Waals surface area contributed by atoms with Crippen LogP contribution >= 0.6 is 11.3 Å². The summed E-state index contributed by atoms with van der Waals surface area (Å²) in [4.78, 5) is 32.4. The zero-order valence-electron chi connectivity index (χ0n) is 17.4. The normalized spacial score (nSPS) is 20.0. The van der Waals surface area contributed by atoms with Crippen LogP contribution < -0.4 is 10.3 Å². The number of anilines is 1. The topological polar surface area (TPSA) is 101 Å². The number of amides is 1. The number of carbonyl (C=O) groups is 1. The van der Waals surface area contributed by atoms with Gasteiger partial charge in [0.15, 0.2) is 5.13 Å². The van der Waals surface area contributed by atoms with Crippen molar-refractivity contribution in [1.29, 1.82) is 0 Å². The highest BCUT2D eigenvalue weighted by Gasteiger charge is 2.37. The fraction of sp³-hybridized carbons (Fsp3) is 0.318. The Morgan fingerprint density at radius 3 is 2.66 bits per heavy atom. The summed E-state index contributed by atoms with van der Waals surface area (Å²) in [5.74, 6) is 0.112. The van der Waals surface area contributed by atoms with Crippen molar-refractivity contribution in [2.24, 2.45) is 5.92 Å². The van der Waals surface area contributed by atoms with Crippen LogP contribution in [-0.2, 0) is 16.6 Å². The number of pyridine rings is 1. The average Bonchev–Trinajstić information content (AvgIpc) is 3.13. The maximum Gasteiger partial charge on any atom is 0.273 e. The van der Waals surface area contributed by atoms with Gasteiger partial charge in [-0.25, -0.2) is 13.4 Å². The number of carbonyl (C=O) groups excluding carboxylic acids is 1. The number of thiazole rings is 1. The number of likely N-dealkylation sites (tertiary alicyclic amines) is 1. The molecule has 2 aliphatic heterocycles. The molecule has 0 saturated carbocycles. The number of nitrogens with one attached hydrogen (secondary N) is 1. The van der Waals surface area contributed by atoms with Gasteiger partial charge < -0.3 is 9.47 Å². The van der Waals surface area contributed by atoms with Gasteiger partial charge in [-0.2, -0.15) is 0 Å². The van der Waals surface area contributed by atoms with Gasteiger partial charge in [0.1, 0.15) is 5.69 Å². The van der Waals surface area contributed by atoms with E-state index in [0.717, 1.165) is 23.5 Å². The number of aromatic nitrogens is 2. The maximum absolute atomic E-state index is 13.3. The molecule has 2 aliphatic rings. The van der Waals surface area contributed by atoms with Crippen molar-refractivity contribution in [2.45, 2.75) is 30.7 Å². The Morgan fingerprint density at radius 2 is 1.88 bits per heavy atom. The van der Waals surface area contributed by atoms with Gasteiger partial charge in [0.05, 0.1) is 4.90 Å². The third-order valence-corrected chi connectivity index (χ3v) is 8.41. The molecule has 166 valence electrons. The van der Waals surface area contributed by atoms with Crippen LogP contribution in [0.5, 0.6) is 0 Å². The van der Waals surface area contributed by atoms with Crippen LogP contribution in [0.2, 0.25) is 0 Å². The molecule has 8 nitrogen and oxygen atoms in total. The molecule has 10 heteroatoms. The maximum atomic E-state index is 13.3. The zero-order chi connectivity index (χ0) is 22.5. The summed E-state index contributed by atoms with van der Waals surface area (Å²) in [6, 6.07) is 13.4. The zero-order valence-corrected chi connectivity index (χ0v) is 19.0. The number of piperidine rings is 1. The largest absolute Gasteiger partial charge is 0.336 e. The number of benzene rings is 1. The number of nitrogens with zero attached hydrogens (tertiary/aromatic N) is 3. The number of hydrogen-bond donors (Lipinski definition) is 1. The molecule has 1 aromatic carbocycles. The first-order valence-electron chi connectivity index (χ1n) is 10.4. The van der Waals surface area contributed by atoms with Gasteiger partial charge >= 0.3 is 0 Å². The summed E-state index contributed by atoms with van der Waals surface area (Å²) in [6.07, 6.45) is 0.950. The van der Waals surface area contributed by atoms with Gasteiger partial charge in [-0.05, 0) is 37.5 Å². The van der Waals surface area contributed by atoms with Crippen LogP contribution in [0.3, 0.4) is 0 Å². The van der Waals surface area contributed by atoms with Gasteiger partial charge in [-0.1, -0.05) is 24.3 Å². The van der Waals surface area contributed by atoms with Crippen molar-refractivity contribution >= 4 is 32.4 Å². The minimum Gasteiger partial charge on any atom is -0.336 e. The standard InChI is InChI=1S/C22H22N4O4S2/c1-14-20(23-22(31-14)24-32(29,30)17-6-3-2-4-7-17)21(28)25-11-15-10-16(13-25)18-8-5-9-19(27)26(18)12-15/h2-9,15-16H,10-13H2,1H3,(H,23,24)/t15-,16+/m0/s1. The molecule has 1 N–H and O–H groups in total. The summed E-state index contributed by atoms with van der Waals surface area (Å²) in [7, 11) is -3.78.